The maximum Gasteiger partial charge on any atom is 0.0673 e. The molecule has 0 aromatic heterocycles. The van der Waals surface area contributed by atoms with Gasteiger partial charge in [-0.25, -0.2) is 0 Å². The van der Waals surface area contributed by atoms with Gasteiger partial charge in [-0.2, -0.15) is 5.11 Å². The number of hydrogen-bond acceptors (Lipinski definition) is 3. The molecule has 0 N–H and O–H groups in total. The fourth-order valence-electron chi connectivity index (χ4n) is 0.414. The zero-order chi connectivity index (χ0) is 5.11. The summed E-state index contributed by atoms with van der Waals surface area (Å²) in [6.07, 6.45) is 0.976. The van der Waals surface area contributed by atoms with E-state index >= 15 is 0 Å². The highest BCUT2D eigenvalue weighted by atomic mass is 15.4. The van der Waals surface area contributed by atoms with E-state index in [1.54, 1.807) is 0 Å². The summed E-state index contributed by atoms with van der Waals surface area (Å²) < 4.78 is 0. The Kier molecular flexibility index (Phi) is 1.15. The van der Waals surface area contributed by atoms with E-state index in [-0.39, 0.29) is 0 Å². The summed E-state index contributed by atoms with van der Waals surface area (Å²) in [7, 11) is 0. The van der Waals surface area contributed by atoms with Crippen molar-refractivity contribution in [3.63, 3.8) is 0 Å². The highest BCUT2D eigenvalue weighted by Gasteiger charge is 1.92. The molecule has 0 spiro atoms. The second kappa shape index (κ2) is 1.82. The maximum absolute atomic E-state index is 3.70. The number of hydrogen-bond donors (Lipinski definition) is 0. The van der Waals surface area contributed by atoms with Gasteiger partial charge in [-0.3, -0.25) is 0 Å². The molecule has 0 aliphatic carbocycles. The van der Waals surface area contributed by atoms with Gasteiger partial charge in [-0.15, -0.1) is 5.10 Å². The molecule has 7 heavy (non-hydrogen) atoms. The van der Waals surface area contributed by atoms with Crippen molar-refractivity contribution in [1.29, 1.82) is 0 Å². The van der Waals surface area contributed by atoms with Crippen LogP contribution in [0.2, 0.25) is 0 Å². The van der Waals surface area contributed by atoms with Crippen LogP contribution >= 0.6 is 0 Å². The fraction of sp³-hybridized carbons (Fsp3) is 0.750. The normalized spacial score (nSPS) is 19.3. The minimum absolute atomic E-state index is 0.815. The first-order valence-electron chi connectivity index (χ1n) is 2.29. The Labute approximate surface area is 42.1 Å². The third-order valence-corrected chi connectivity index (χ3v) is 0.852. The lowest BCUT2D eigenvalue weighted by Crippen LogP contribution is -1.95. The van der Waals surface area contributed by atoms with Crippen molar-refractivity contribution in [3.05, 3.63) is 0 Å². The summed E-state index contributed by atoms with van der Waals surface area (Å²) in [6, 6.07) is 0. The molecule has 0 aromatic rings. The predicted molar refractivity (Wildman–Crippen MR) is 27.4 cm³/mol. The molecule has 0 fully saturated rings. The fourth-order valence-corrected chi connectivity index (χ4v) is 0.414. The monoisotopic (exact) mass is 97.1 g/mol. The zero-order valence-corrected chi connectivity index (χ0v) is 4.26. The van der Waals surface area contributed by atoms with Crippen molar-refractivity contribution in [1.82, 2.24) is 0 Å². The van der Waals surface area contributed by atoms with Gasteiger partial charge in [-0.1, -0.05) is 0 Å². The first-order chi connectivity index (χ1) is 3.39. The van der Waals surface area contributed by atoms with Crippen molar-refractivity contribution >= 4 is 5.71 Å². The molecule has 0 atom stereocenters. The SMILES string of the molecule is CC1=NN=NCC1. The van der Waals surface area contributed by atoms with Gasteiger partial charge in [0.25, 0.3) is 0 Å². The average molecular weight is 97.1 g/mol. The van der Waals surface area contributed by atoms with Gasteiger partial charge in [0.1, 0.15) is 0 Å². The molecule has 38 valence electrons. The third-order valence-electron chi connectivity index (χ3n) is 0.852. The van der Waals surface area contributed by atoms with E-state index in [0.29, 0.717) is 0 Å². The van der Waals surface area contributed by atoms with Crippen LogP contribution in [0.25, 0.3) is 0 Å². The highest BCUT2D eigenvalue weighted by molar-refractivity contribution is 5.82. The van der Waals surface area contributed by atoms with Crippen LogP contribution in [0.3, 0.4) is 0 Å². The Morgan fingerprint density at radius 2 is 2.43 bits per heavy atom. The molecular weight excluding hydrogens is 90.1 g/mol. The molecule has 3 heteroatoms. The van der Waals surface area contributed by atoms with E-state index in [1.807, 2.05) is 6.92 Å². The molecule has 0 unspecified atom stereocenters. The van der Waals surface area contributed by atoms with Crippen molar-refractivity contribution in [2.45, 2.75) is 13.3 Å². The lowest BCUT2D eigenvalue weighted by molar-refractivity contribution is 0.845. The highest BCUT2D eigenvalue weighted by Crippen LogP contribution is 1.95. The average Bonchev–Trinajstić information content (AvgIpc) is 1.69. The van der Waals surface area contributed by atoms with Gasteiger partial charge in [0.05, 0.1) is 6.54 Å². The van der Waals surface area contributed by atoms with Gasteiger partial charge in [-0.05, 0) is 12.1 Å². The minimum Gasteiger partial charge on any atom is -0.169 e. The van der Waals surface area contributed by atoms with Crippen LogP contribution in [-0.4, -0.2) is 12.3 Å². The Balaban J connectivity index is 2.57. The summed E-state index contributed by atoms with van der Waals surface area (Å²) in [4.78, 5) is 0. The van der Waals surface area contributed by atoms with Crippen LogP contribution in [0.4, 0.5) is 0 Å². The molecule has 3 nitrogen and oxygen atoms in total. The minimum atomic E-state index is 0.815. The predicted octanol–water partition coefficient (Wildman–Crippen LogP) is 1.22. The first kappa shape index (κ1) is 4.43. The van der Waals surface area contributed by atoms with Crippen molar-refractivity contribution < 1.29 is 0 Å². The molecule has 0 saturated carbocycles. The summed E-state index contributed by atoms with van der Waals surface area (Å²) in [5.74, 6) is 0. The molecule has 0 saturated heterocycles. The Bertz CT molecular complexity index is 114. The smallest absolute Gasteiger partial charge is 0.0673 e. The van der Waals surface area contributed by atoms with E-state index in [1.165, 1.54) is 0 Å². The van der Waals surface area contributed by atoms with Crippen molar-refractivity contribution in [3.8, 4) is 0 Å². The van der Waals surface area contributed by atoms with Crippen molar-refractivity contribution in [2.75, 3.05) is 6.54 Å². The maximum atomic E-state index is 3.70. The number of nitrogens with zero attached hydrogens (tertiary/aromatic N) is 3. The molecule has 1 aliphatic heterocycles. The van der Waals surface area contributed by atoms with E-state index < -0.39 is 0 Å². The van der Waals surface area contributed by atoms with Crippen molar-refractivity contribution in [2.24, 2.45) is 15.4 Å². The second-order valence-corrected chi connectivity index (χ2v) is 1.54. The summed E-state index contributed by atoms with van der Waals surface area (Å²) in [6.45, 7) is 2.77. The lowest BCUT2D eigenvalue weighted by Gasteiger charge is -1.95. The Hall–Kier alpha value is -0.730. The van der Waals surface area contributed by atoms with Gasteiger partial charge in [0.15, 0.2) is 0 Å². The largest absolute Gasteiger partial charge is 0.169 e. The molecule has 1 heterocycles. The molecule has 1 rings (SSSR count). The van der Waals surface area contributed by atoms with Gasteiger partial charge >= 0.3 is 0 Å². The van der Waals surface area contributed by atoms with Crippen LogP contribution < -0.4 is 0 Å². The van der Waals surface area contributed by atoms with Crippen LogP contribution in [-0.2, 0) is 0 Å². The zero-order valence-electron chi connectivity index (χ0n) is 4.26. The van der Waals surface area contributed by atoms with Gasteiger partial charge in [0.2, 0.25) is 0 Å². The van der Waals surface area contributed by atoms with E-state index in [9.17, 15) is 0 Å². The van der Waals surface area contributed by atoms with E-state index in [0.717, 1.165) is 18.7 Å². The van der Waals surface area contributed by atoms with Crippen LogP contribution in [0.15, 0.2) is 15.4 Å². The second-order valence-electron chi connectivity index (χ2n) is 1.54. The first-order valence-corrected chi connectivity index (χ1v) is 2.29. The van der Waals surface area contributed by atoms with Crippen LogP contribution in [0, 0.1) is 0 Å². The molecule has 0 amide bonds. The van der Waals surface area contributed by atoms with E-state index in [2.05, 4.69) is 15.4 Å². The standard InChI is InChI=1S/C4H7N3/c1-4-2-3-5-7-6-4/h2-3H2,1H3. The molecule has 0 radical (unpaired) electrons. The van der Waals surface area contributed by atoms with Crippen LogP contribution in [0.1, 0.15) is 13.3 Å². The van der Waals surface area contributed by atoms with Gasteiger partial charge in [0, 0.05) is 12.1 Å². The van der Waals surface area contributed by atoms with Gasteiger partial charge < -0.3 is 0 Å². The summed E-state index contributed by atoms with van der Waals surface area (Å²) in [5, 5.41) is 10.8. The molecular formula is C4H7N3. The topological polar surface area (TPSA) is 37.1 Å². The third kappa shape index (κ3) is 1.07. The summed E-state index contributed by atoms with van der Waals surface area (Å²) in [5.41, 5.74) is 1.08. The lowest BCUT2D eigenvalue weighted by atomic mass is 10.3. The molecule has 1 aliphatic rings. The Morgan fingerprint density at radius 1 is 1.57 bits per heavy atom. The quantitative estimate of drug-likeness (QED) is 0.436. The van der Waals surface area contributed by atoms with Crippen LogP contribution in [0.5, 0.6) is 0 Å². The Morgan fingerprint density at radius 3 is 2.71 bits per heavy atom. The summed E-state index contributed by atoms with van der Waals surface area (Å²) >= 11 is 0. The number of rotatable bonds is 0. The van der Waals surface area contributed by atoms with E-state index in [4.69, 9.17) is 0 Å². The molecule has 0 aromatic carbocycles. The molecule has 0 bridgehead atoms.